The van der Waals surface area contributed by atoms with E-state index >= 15 is 0 Å². The Bertz CT molecular complexity index is 1740. The molecular weight excluding hydrogens is 649 g/mol. The first-order valence-electron chi connectivity index (χ1n) is 20.1. The summed E-state index contributed by atoms with van der Waals surface area (Å²) in [5.41, 5.74) is 6.09. The van der Waals surface area contributed by atoms with Crippen molar-refractivity contribution in [3.63, 3.8) is 0 Å². The fourth-order valence-electron chi connectivity index (χ4n) is 14.3. The van der Waals surface area contributed by atoms with Crippen molar-refractivity contribution in [2.24, 2.45) is 45.3 Å². The molecule has 6 aliphatic rings. The maximum absolute atomic E-state index is 12.7. The van der Waals surface area contributed by atoms with Crippen LogP contribution in [-0.4, -0.2) is 45.4 Å². The maximum atomic E-state index is 12.7. The molecule has 0 bridgehead atoms. The second-order valence-electron chi connectivity index (χ2n) is 19.8. The summed E-state index contributed by atoms with van der Waals surface area (Å²) in [6.07, 6.45) is 10.4. The maximum Gasteiger partial charge on any atom is 0.138 e. The molecule has 1 N–H and O–H groups in total. The van der Waals surface area contributed by atoms with Gasteiger partial charge in [-0.05, 0) is 121 Å². The Morgan fingerprint density at radius 3 is 1.50 bits per heavy atom. The van der Waals surface area contributed by atoms with Crippen molar-refractivity contribution in [3.05, 3.63) is 46.5 Å². The van der Waals surface area contributed by atoms with E-state index in [-0.39, 0.29) is 38.6 Å². The molecule has 0 radical (unpaired) electrons. The molecule has 0 aromatic heterocycles. The van der Waals surface area contributed by atoms with Crippen LogP contribution >= 0.6 is 0 Å². The minimum absolute atomic E-state index is 0.00905. The van der Waals surface area contributed by atoms with Crippen LogP contribution in [0.2, 0.25) is 0 Å². The molecule has 0 spiro atoms. The molecule has 6 nitrogen and oxygen atoms in total. The van der Waals surface area contributed by atoms with E-state index < -0.39 is 0 Å². The number of benzene rings is 2. The Labute approximate surface area is 313 Å². The smallest absolute Gasteiger partial charge is 0.138 e. The largest absolute Gasteiger partial charge is 0.497 e. The molecule has 2 aromatic carbocycles. The molecule has 9 atom stereocenters. The van der Waals surface area contributed by atoms with Gasteiger partial charge < -0.3 is 24.1 Å². The molecule has 6 aliphatic carbocycles. The Balaban J connectivity index is 0.000000162. The molecule has 0 saturated heterocycles. The lowest BCUT2D eigenvalue weighted by Crippen LogP contribution is -2.58. The number of aliphatic hydroxyl groups excluding tert-OH is 1. The quantitative estimate of drug-likeness (QED) is 0.340. The zero-order valence-corrected chi connectivity index (χ0v) is 34.3. The summed E-state index contributed by atoms with van der Waals surface area (Å²) in [5, 5.41) is 10.7. The molecule has 0 aliphatic heterocycles. The summed E-state index contributed by atoms with van der Waals surface area (Å²) in [4.78, 5) is 12.7. The van der Waals surface area contributed by atoms with Crippen molar-refractivity contribution in [2.75, 3.05) is 28.4 Å². The van der Waals surface area contributed by atoms with E-state index in [2.05, 4.69) is 73.6 Å². The monoisotopic (exact) mass is 714 g/mol. The first kappa shape index (κ1) is 37.6. The van der Waals surface area contributed by atoms with Crippen molar-refractivity contribution in [2.45, 2.75) is 137 Å². The fraction of sp³-hybridized carbons (Fsp3) is 0.717. The Hall–Kier alpha value is -2.73. The average Bonchev–Trinajstić information content (AvgIpc) is 3.60. The fourth-order valence-corrected chi connectivity index (χ4v) is 14.3. The standard InChI is InChI=1S/C23H34O3.C23H32O3/c2*1-21(2)17-7-9-23(4)18(22(17,3)10-8-19(21)24)12-14-11-15(25-5)13-16(26-6)20(14)23/h11,13,17-19,24H,7-10,12H2,1-6H3;11,13,17-18H,7-10,12H2,1-6H3/t17-,18+,19-,22-,23+;17-,18+,22-,23+/m11/s1. The molecule has 52 heavy (non-hydrogen) atoms. The number of fused-ring (bicyclic) bond motifs is 10. The third-order valence-corrected chi connectivity index (χ3v) is 17.0. The number of ketones is 1. The first-order chi connectivity index (χ1) is 24.4. The van der Waals surface area contributed by atoms with Gasteiger partial charge in [0, 0.05) is 45.9 Å². The van der Waals surface area contributed by atoms with Crippen LogP contribution in [0.15, 0.2) is 24.3 Å². The molecule has 6 heteroatoms. The summed E-state index contributed by atoms with van der Waals surface area (Å²) < 4.78 is 22.7. The minimum Gasteiger partial charge on any atom is -0.497 e. The number of aliphatic hydroxyl groups is 1. The number of rotatable bonds is 4. The highest BCUT2D eigenvalue weighted by Gasteiger charge is 2.65. The predicted octanol–water partition coefficient (Wildman–Crippen LogP) is 9.67. The number of carbonyl (C=O) groups excluding carboxylic acids is 1. The van der Waals surface area contributed by atoms with E-state index in [1.807, 2.05) is 6.07 Å². The summed E-state index contributed by atoms with van der Waals surface area (Å²) in [6.45, 7) is 18.8. The average molecular weight is 715 g/mol. The minimum atomic E-state index is -0.203. The number of hydrogen-bond acceptors (Lipinski definition) is 6. The zero-order chi connectivity index (χ0) is 37.8. The van der Waals surface area contributed by atoms with E-state index in [1.165, 1.54) is 35.1 Å². The van der Waals surface area contributed by atoms with Gasteiger partial charge in [-0.3, -0.25) is 4.79 Å². The zero-order valence-electron chi connectivity index (χ0n) is 34.3. The van der Waals surface area contributed by atoms with E-state index in [0.717, 1.165) is 74.4 Å². The Morgan fingerprint density at radius 1 is 0.577 bits per heavy atom. The van der Waals surface area contributed by atoms with Gasteiger partial charge in [0.25, 0.3) is 0 Å². The van der Waals surface area contributed by atoms with E-state index in [1.54, 1.807) is 28.4 Å². The van der Waals surface area contributed by atoms with Gasteiger partial charge >= 0.3 is 0 Å². The van der Waals surface area contributed by atoms with Crippen LogP contribution < -0.4 is 18.9 Å². The van der Waals surface area contributed by atoms with Crippen molar-refractivity contribution < 1.29 is 28.8 Å². The second kappa shape index (κ2) is 12.4. The van der Waals surface area contributed by atoms with Crippen LogP contribution in [0.5, 0.6) is 23.0 Å². The van der Waals surface area contributed by atoms with Gasteiger partial charge in [0.2, 0.25) is 0 Å². The lowest BCUT2D eigenvalue weighted by molar-refractivity contribution is -0.151. The van der Waals surface area contributed by atoms with Crippen LogP contribution in [0.1, 0.15) is 129 Å². The van der Waals surface area contributed by atoms with Crippen molar-refractivity contribution >= 4 is 5.78 Å². The number of ether oxygens (including phenoxy) is 4. The highest BCUT2D eigenvalue weighted by molar-refractivity contribution is 5.85. The third kappa shape index (κ3) is 5.07. The van der Waals surface area contributed by atoms with Gasteiger partial charge in [0.05, 0.1) is 34.5 Å². The summed E-state index contributed by atoms with van der Waals surface area (Å²) in [6, 6.07) is 8.52. The number of hydrogen-bond donors (Lipinski definition) is 1. The Morgan fingerprint density at radius 2 is 1.04 bits per heavy atom. The summed E-state index contributed by atoms with van der Waals surface area (Å²) in [5.74, 6) is 6.37. The molecule has 0 unspecified atom stereocenters. The van der Waals surface area contributed by atoms with E-state index in [4.69, 9.17) is 18.9 Å². The van der Waals surface area contributed by atoms with Crippen molar-refractivity contribution in [1.82, 2.24) is 0 Å². The third-order valence-electron chi connectivity index (χ3n) is 17.0. The van der Waals surface area contributed by atoms with Crippen molar-refractivity contribution in [1.29, 1.82) is 0 Å². The SMILES string of the molecule is COc1cc2c(c(OC)c1)[C@@]1(C)CC[C@@H]3C(C)(C)C(=O)CC[C@@]3(C)[C@@H]1C2.COc1cc2c(c(OC)c1)[C@@]1(C)CC[C@@H]3C(C)(C)[C@H](O)CC[C@@]3(C)[C@@H]1C2. The molecule has 286 valence electrons. The van der Waals surface area contributed by atoms with Crippen LogP contribution in [0, 0.1) is 45.3 Å². The van der Waals surface area contributed by atoms with Crippen LogP contribution in [0.25, 0.3) is 0 Å². The molecule has 2 aromatic rings. The van der Waals surface area contributed by atoms with Crippen LogP contribution in [0.4, 0.5) is 0 Å². The van der Waals surface area contributed by atoms with Gasteiger partial charge in [0.15, 0.2) is 0 Å². The highest BCUT2D eigenvalue weighted by atomic mass is 16.5. The van der Waals surface area contributed by atoms with E-state index in [0.29, 0.717) is 29.5 Å². The second-order valence-corrected chi connectivity index (χ2v) is 19.8. The Kier molecular flexibility index (Phi) is 8.96. The molecular formula is C46H66O6. The summed E-state index contributed by atoms with van der Waals surface area (Å²) >= 11 is 0. The normalized spacial score (nSPS) is 38.9. The molecule has 4 saturated carbocycles. The highest BCUT2D eigenvalue weighted by Crippen LogP contribution is 2.70. The van der Waals surface area contributed by atoms with Crippen LogP contribution in [0.3, 0.4) is 0 Å². The lowest BCUT2D eigenvalue weighted by atomic mass is 9.43. The van der Waals surface area contributed by atoms with Gasteiger partial charge in [-0.2, -0.15) is 0 Å². The molecule has 4 fully saturated rings. The van der Waals surface area contributed by atoms with Gasteiger partial charge in [0.1, 0.15) is 28.8 Å². The van der Waals surface area contributed by atoms with Gasteiger partial charge in [-0.1, -0.05) is 55.4 Å². The molecule has 8 rings (SSSR count). The lowest BCUT2D eigenvalue weighted by Gasteiger charge is -2.62. The number of methoxy groups -OCH3 is 4. The topological polar surface area (TPSA) is 74.2 Å². The van der Waals surface area contributed by atoms with E-state index in [9.17, 15) is 9.90 Å². The summed E-state index contributed by atoms with van der Waals surface area (Å²) in [7, 11) is 6.99. The number of Topliss-reactive ketones (excluding diaryl/α,β-unsaturated/α-hetero) is 1. The number of carbonyl (C=O) groups is 1. The molecule has 0 amide bonds. The molecule has 0 heterocycles. The predicted molar refractivity (Wildman–Crippen MR) is 207 cm³/mol. The first-order valence-corrected chi connectivity index (χ1v) is 20.1. The van der Waals surface area contributed by atoms with Gasteiger partial charge in [-0.15, -0.1) is 0 Å². The van der Waals surface area contributed by atoms with Crippen molar-refractivity contribution in [3.8, 4) is 23.0 Å². The van der Waals surface area contributed by atoms with Crippen LogP contribution in [-0.2, 0) is 28.5 Å². The van der Waals surface area contributed by atoms with Gasteiger partial charge in [-0.25, -0.2) is 0 Å².